The lowest BCUT2D eigenvalue weighted by atomic mass is 10.1. The van der Waals surface area contributed by atoms with E-state index in [1.165, 1.54) is 39.3 Å². The minimum atomic E-state index is -0.760. The van der Waals surface area contributed by atoms with Crippen LogP contribution in [0.1, 0.15) is 12.5 Å². The van der Waals surface area contributed by atoms with Crippen molar-refractivity contribution in [3.8, 4) is 11.5 Å². The van der Waals surface area contributed by atoms with Crippen molar-refractivity contribution in [2.45, 2.75) is 13.3 Å². The van der Waals surface area contributed by atoms with Crippen LogP contribution < -0.4 is 25.9 Å². The van der Waals surface area contributed by atoms with Crippen LogP contribution in [-0.2, 0) is 16.0 Å². The first-order valence-electron chi connectivity index (χ1n) is 9.16. The zero-order chi connectivity index (χ0) is 23.0. The number of carbonyl (C=O) groups is 2. The zero-order valence-electron chi connectivity index (χ0n) is 17.3. The molecule has 2 rings (SSSR count). The fourth-order valence-corrected chi connectivity index (χ4v) is 2.65. The van der Waals surface area contributed by atoms with Crippen molar-refractivity contribution in [3.05, 3.63) is 52.1 Å². The highest BCUT2D eigenvalue weighted by molar-refractivity contribution is 6.67. The molecule has 0 atom stereocenters. The van der Waals surface area contributed by atoms with E-state index in [1.807, 2.05) is 6.07 Å². The second kappa shape index (κ2) is 10.7. The summed E-state index contributed by atoms with van der Waals surface area (Å²) in [5.74, 6) is -0.827. The van der Waals surface area contributed by atoms with E-state index in [1.54, 1.807) is 12.1 Å². The van der Waals surface area contributed by atoms with E-state index in [-0.39, 0.29) is 17.1 Å². The van der Waals surface area contributed by atoms with Crippen LogP contribution in [0.4, 0.5) is 17.1 Å². The van der Waals surface area contributed by atoms with Gasteiger partial charge < -0.3 is 20.5 Å². The Hall–Kier alpha value is -3.99. The molecule has 31 heavy (non-hydrogen) atoms. The Morgan fingerprint density at radius 2 is 1.81 bits per heavy atom. The van der Waals surface area contributed by atoms with Crippen molar-refractivity contribution in [2.24, 2.45) is 10.8 Å². The monoisotopic (exact) mass is 429 g/mol. The Bertz CT molecular complexity index is 1020. The first-order chi connectivity index (χ1) is 14.8. The fraction of sp³-hybridized carbons (Fsp3) is 0.250. The predicted octanol–water partition coefficient (Wildman–Crippen LogP) is 2.11. The summed E-state index contributed by atoms with van der Waals surface area (Å²) in [5.41, 5.74) is 9.02. The number of ketones is 1. The van der Waals surface area contributed by atoms with E-state index >= 15 is 0 Å². The smallest absolute Gasteiger partial charge is 0.279 e. The van der Waals surface area contributed by atoms with Crippen molar-refractivity contribution >= 4 is 34.5 Å². The SMILES string of the molecule is COc1cc([N+](=O)[O-])ccc1NN=C(C(C)=O)C(=O)Nc1cc(CCN)ccc1OC. The molecule has 164 valence electrons. The van der Waals surface area contributed by atoms with Gasteiger partial charge in [0.1, 0.15) is 5.75 Å². The number of carbonyl (C=O) groups excluding carboxylic acids is 2. The molecule has 0 aliphatic carbocycles. The number of nitro groups is 1. The van der Waals surface area contributed by atoms with Gasteiger partial charge in [0.15, 0.2) is 17.2 Å². The number of amides is 1. The molecule has 2 aromatic carbocycles. The van der Waals surface area contributed by atoms with E-state index in [0.717, 1.165) is 5.56 Å². The van der Waals surface area contributed by atoms with Gasteiger partial charge in [-0.05, 0) is 36.7 Å². The van der Waals surface area contributed by atoms with E-state index in [4.69, 9.17) is 15.2 Å². The topological polar surface area (TPSA) is 158 Å². The number of non-ortho nitro benzene ring substituents is 1. The number of anilines is 2. The molecule has 0 aliphatic heterocycles. The molecule has 2 aromatic rings. The number of hydrazone groups is 1. The van der Waals surface area contributed by atoms with Crippen LogP contribution in [0.2, 0.25) is 0 Å². The van der Waals surface area contributed by atoms with Gasteiger partial charge in [0, 0.05) is 13.0 Å². The Labute approximate surface area is 178 Å². The summed E-state index contributed by atoms with van der Waals surface area (Å²) in [4.78, 5) is 35.1. The highest BCUT2D eigenvalue weighted by atomic mass is 16.6. The highest BCUT2D eigenvalue weighted by Gasteiger charge is 2.20. The fourth-order valence-electron chi connectivity index (χ4n) is 2.65. The Balaban J connectivity index is 2.29. The third-order valence-corrected chi connectivity index (χ3v) is 4.18. The zero-order valence-corrected chi connectivity index (χ0v) is 17.3. The molecule has 11 nitrogen and oxygen atoms in total. The number of Topliss-reactive ketones (excluding diaryl/α,β-unsaturated/α-hetero) is 1. The molecule has 0 aliphatic rings. The molecule has 0 fully saturated rings. The summed E-state index contributed by atoms with van der Waals surface area (Å²) < 4.78 is 10.4. The van der Waals surface area contributed by atoms with Gasteiger partial charge >= 0.3 is 0 Å². The number of nitrogens with two attached hydrogens (primary N) is 1. The average molecular weight is 429 g/mol. The van der Waals surface area contributed by atoms with E-state index < -0.39 is 22.3 Å². The first kappa shape index (κ1) is 23.3. The lowest BCUT2D eigenvalue weighted by Gasteiger charge is -2.13. The molecule has 4 N–H and O–H groups in total. The van der Waals surface area contributed by atoms with Gasteiger partial charge in [0.05, 0.1) is 36.6 Å². The summed E-state index contributed by atoms with van der Waals surface area (Å²) >= 11 is 0. The number of nitro benzene ring substituents is 1. The second-order valence-electron chi connectivity index (χ2n) is 6.30. The van der Waals surface area contributed by atoms with Gasteiger partial charge in [-0.3, -0.25) is 25.1 Å². The molecule has 0 aromatic heterocycles. The number of rotatable bonds is 10. The molecule has 0 unspecified atom stereocenters. The van der Waals surface area contributed by atoms with Crippen molar-refractivity contribution in [1.29, 1.82) is 0 Å². The van der Waals surface area contributed by atoms with Gasteiger partial charge in [0.25, 0.3) is 11.6 Å². The number of nitrogens with zero attached hydrogens (tertiary/aromatic N) is 2. The molecular weight excluding hydrogens is 406 g/mol. The van der Waals surface area contributed by atoms with E-state index in [2.05, 4.69) is 15.8 Å². The number of methoxy groups -OCH3 is 2. The number of benzene rings is 2. The molecule has 1 amide bonds. The summed E-state index contributed by atoms with van der Waals surface area (Å²) in [6.07, 6.45) is 0.599. The molecule has 0 bridgehead atoms. The maximum absolute atomic E-state index is 12.7. The highest BCUT2D eigenvalue weighted by Crippen LogP contribution is 2.29. The van der Waals surface area contributed by atoms with Gasteiger partial charge in [0.2, 0.25) is 0 Å². The maximum atomic E-state index is 12.7. The van der Waals surface area contributed by atoms with Gasteiger partial charge in [-0.25, -0.2) is 0 Å². The van der Waals surface area contributed by atoms with Crippen LogP contribution in [0.5, 0.6) is 11.5 Å². The molecule has 11 heteroatoms. The minimum Gasteiger partial charge on any atom is -0.495 e. The largest absolute Gasteiger partial charge is 0.495 e. The van der Waals surface area contributed by atoms with Gasteiger partial charge in [-0.1, -0.05) is 6.07 Å². The summed E-state index contributed by atoms with van der Waals surface area (Å²) in [6, 6.07) is 9.00. The number of hydrogen-bond acceptors (Lipinski definition) is 9. The third-order valence-electron chi connectivity index (χ3n) is 4.18. The average Bonchev–Trinajstić information content (AvgIpc) is 2.74. The summed E-state index contributed by atoms with van der Waals surface area (Å²) in [6.45, 7) is 1.62. The minimum absolute atomic E-state index is 0.123. The van der Waals surface area contributed by atoms with Gasteiger partial charge in [-0.15, -0.1) is 0 Å². The van der Waals surface area contributed by atoms with Crippen LogP contribution in [0.25, 0.3) is 0 Å². The van der Waals surface area contributed by atoms with Crippen LogP contribution in [-0.4, -0.2) is 43.1 Å². The Morgan fingerprint density at radius 1 is 1.10 bits per heavy atom. The maximum Gasteiger partial charge on any atom is 0.279 e. The van der Waals surface area contributed by atoms with Crippen molar-refractivity contribution in [1.82, 2.24) is 0 Å². The summed E-state index contributed by atoms with van der Waals surface area (Å²) in [7, 11) is 2.78. The van der Waals surface area contributed by atoms with Crippen LogP contribution >= 0.6 is 0 Å². The molecule has 0 heterocycles. The molecule has 0 saturated carbocycles. The third kappa shape index (κ3) is 6.00. The molecule has 0 saturated heterocycles. The summed E-state index contributed by atoms with van der Waals surface area (Å²) in [5, 5.41) is 17.4. The first-order valence-corrected chi connectivity index (χ1v) is 9.16. The lowest BCUT2D eigenvalue weighted by molar-refractivity contribution is -0.384. The number of hydrogen-bond donors (Lipinski definition) is 3. The molecule has 0 spiro atoms. The van der Waals surface area contributed by atoms with E-state index in [0.29, 0.717) is 24.4 Å². The quantitative estimate of drug-likeness (QED) is 0.224. The Kier molecular flexibility index (Phi) is 8.03. The van der Waals surface area contributed by atoms with Crippen LogP contribution in [0.3, 0.4) is 0 Å². The van der Waals surface area contributed by atoms with Crippen molar-refractivity contribution in [2.75, 3.05) is 31.5 Å². The van der Waals surface area contributed by atoms with Crippen LogP contribution in [0, 0.1) is 10.1 Å². The molecular formula is C20H23N5O6. The standard InChI is InChI=1S/C20H23N5O6/c1-12(26)19(24-23-15-6-5-14(25(28)29)11-18(15)31-3)20(27)22-16-10-13(8-9-21)4-7-17(16)30-2/h4-7,10-11,23H,8-9,21H2,1-3H3,(H,22,27). The van der Waals surface area contributed by atoms with Gasteiger partial charge in [-0.2, -0.15) is 5.10 Å². The number of ether oxygens (including phenoxy) is 2. The second-order valence-corrected chi connectivity index (χ2v) is 6.30. The Morgan fingerprint density at radius 3 is 2.39 bits per heavy atom. The predicted molar refractivity (Wildman–Crippen MR) is 116 cm³/mol. The lowest BCUT2D eigenvalue weighted by Crippen LogP contribution is -2.29. The molecule has 0 radical (unpaired) electrons. The normalized spacial score (nSPS) is 10.9. The number of nitrogens with one attached hydrogen (secondary N) is 2. The van der Waals surface area contributed by atoms with Crippen molar-refractivity contribution < 1.29 is 24.0 Å². The van der Waals surface area contributed by atoms with Crippen molar-refractivity contribution in [3.63, 3.8) is 0 Å². The van der Waals surface area contributed by atoms with E-state index in [9.17, 15) is 19.7 Å². The van der Waals surface area contributed by atoms with Crippen LogP contribution in [0.15, 0.2) is 41.5 Å².